The third-order valence-electron chi connectivity index (χ3n) is 3.57. The number of nitro benzene ring substituents is 1. The number of thioether (sulfide) groups is 1. The third kappa shape index (κ3) is 4.63. The van der Waals surface area contributed by atoms with Crippen molar-refractivity contribution in [3.8, 4) is 22.5 Å². The smallest absolute Gasteiger partial charge is 0.313 e. The Labute approximate surface area is 162 Å². The third-order valence-corrected chi connectivity index (χ3v) is 4.62. The molecule has 0 aliphatic carbocycles. The number of benzene rings is 2. The van der Waals surface area contributed by atoms with Gasteiger partial charge in [-0.1, -0.05) is 29.4 Å². The molecule has 2 aromatic carbocycles. The number of carboxylic acids is 1. The standard InChI is InChI=1S/C17H13ClN4O4S/c1-9-2-10(5-13(18)3-9)11-4-12(7-14(6-11)22(25)26)16-19-17(21-20-16)27-8-15(23)24/h2-7H,8H2,1H3,(H,23,24)(H,19,20,21). The van der Waals surface area contributed by atoms with Gasteiger partial charge in [-0.3, -0.25) is 20.0 Å². The number of nitrogens with one attached hydrogen (secondary N) is 1. The fourth-order valence-electron chi connectivity index (χ4n) is 2.49. The average molecular weight is 405 g/mol. The Balaban J connectivity index is 2.04. The topological polar surface area (TPSA) is 122 Å². The molecule has 138 valence electrons. The molecule has 0 saturated heterocycles. The molecule has 0 unspecified atom stereocenters. The predicted octanol–water partition coefficient (Wildman–Crippen LogP) is 4.19. The summed E-state index contributed by atoms with van der Waals surface area (Å²) in [4.78, 5) is 25.7. The maximum absolute atomic E-state index is 11.3. The van der Waals surface area contributed by atoms with E-state index in [4.69, 9.17) is 16.7 Å². The van der Waals surface area contributed by atoms with Crippen molar-refractivity contribution in [2.45, 2.75) is 12.1 Å². The van der Waals surface area contributed by atoms with Crippen LogP contribution >= 0.6 is 23.4 Å². The van der Waals surface area contributed by atoms with Crippen molar-refractivity contribution in [3.63, 3.8) is 0 Å². The van der Waals surface area contributed by atoms with E-state index in [1.165, 1.54) is 12.1 Å². The fourth-order valence-corrected chi connectivity index (χ4v) is 3.30. The lowest BCUT2D eigenvalue weighted by Crippen LogP contribution is -1.97. The summed E-state index contributed by atoms with van der Waals surface area (Å²) >= 11 is 7.06. The van der Waals surface area contributed by atoms with Crippen molar-refractivity contribution in [2.75, 3.05) is 5.75 Å². The zero-order valence-corrected chi connectivity index (χ0v) is 15.5. The summed E-state index contributed by atoms with van der Waals surface area (Å²) < 4.78 is 0. The van der Waals surface area contributed by atoms with Gasteiger partial charge in [-0.2, -0.15) is 0 Å². The van der Waals surface area contributed by atoms with E-state index in [-0.39, 0.29) is 16.6 Å². The number of aliphatic carboxylic acids is 1. The maximum Gasteiger partial charge on any atom is 0.313 e. The molecule has 0 fully saturated rings. The van der Waals surface area contributed by atoms with Gasteiger partial charge < -0.3 is 5.11 Å². The number of hydrogen-bond acceptors (Lipinski definition) is 6. The minimum atomic E-state index is -0.986. The quantitative estimate of drug-likeness (QED) is 0.359. The number of H-pyrrole nitrogens is 1. The van der Waals surface area contributed by atoms with Crippen LogP contribution in [-0.2, 0) is 4.79 Å². The number of non-ortho nitro benzene ring substituents is 1. The molecule has 3 aromatic rings. The predicted molar refractivity (Wildman–Crippen MR) is 102 cm³/mol. The summed E-state index contributed by atoms with van der Waals surface area (Å²) in [5.74, 6) is -0.855. The molecule has 0 amide bonds. The highest BCUT2D eigenvalue weighted by Crippen LogP contribution is 2.32. The van der Waals surface area contributed by atoms with E-state index in [2.05, 4.69) is 15.2 Å². The fraction of sp³-hybridized carbons (Fsp3) is 0.118. The molecule has 1 heterocycles. The van der Waals surface area contributed by atoms with Gasteiger partial charge >= 0.3 is 5.97 Å². The van der Waals surface area contributed by atoms with E-state index < -0.39 is 10.9 Å². The van der Waals surface area contributed by atoms with Crippen molar-refractivity contribution in [1.29, 1.82) is 0 Å². The summed E-state index contributed by atoms with van der Waals surface area (Å²) in [6.45, 7) is 1.88. The van der Waals surface area contributed by atoms with Crippen molar-refractivity contribution in [2.24, 2.45) is 0 Å². The molecule has 2 N–H and O–H groups in total. The number of carbonyl (C=O) groups is 1. The van der Waals surface area contributed by atoms with Gasteiger partial charge in [-0.25, -0.2) is 4.98 Å². The first kappa shape index (κ1) is 18.9. The van der Waals surface area contributed by atoms with Gasteiger partial charge in [0.25, 0.3) is 5.69 Å². The summed E-state index contributed by atoms with van der Waals surface area (Å²) in [5.41, 5.74) is 2.64. The van der Waals surface area contributed by atoms with E-state index in [9.17, 15) is 14.9 Å². The van der Waals surface area contributed by atoms with Gasteiger partial charge in [0.15, 0.2) is 5.82 Å². The van der Waals surface area contributed by atoms with Crippen LogP contribution in [-0.4, -0.2) is 36.9 Å². The van der Waals surface area contributed by atoms with Gasteiger partial charge in [-0.15, -0.1) is 5.10 Å². The second-order valence-electron chi connectivity index (χ2n) is 5.69. The summed E-state index contributed by atoms with van der Waals surface area (Å²) in [7, 11) is 0. The van der Waals surface area contributed by atoms with Crippen LogP contribution in [0.1, 0.15) is 5.56 Å². The minimum absolute atomic E-state index is 0.101. The van der Waals surface area contributed by atoms with E-state index in [1.807, 2.05) is 13.0 Å². The molecule has 0 aliphatic rings. The highest BCUT2D eigenvalue weighted by molar-refractivity contribution is 7.99. The first-order valence-corrected chi connectivity index (χ1v) is 9.02. The molecular weight excluding hydrogens is 392 g/mol. The molecule has 3 rings (SSSR count). The van der Waals surface area contributed by atoms with Crippen LogP contribution in [0.2, 0.25) is 5.02 Å². The van der Waals surface area contributed by atoms with Crippen LogP contribution in [0.15, 0.2) is 41.6 Å². The van der Waals surface area contributed by atoms with Crippen LogP contribution in [0.5, 0.6) is 0 Å². The minimum Gasteiger partial charge on any atom is -0.481 e. The highest BCUT2D eigenvalue weighted by atomic mass is 35.5. The average Bonchev–Trinajstić information content (AvgIpc) is 3.08. The van der Waals surface area contributed by atoms with E-state index in [0.717, 1.165) is 22.9 Å². The van der Waals surface area contributed by atoms with Gasteiger partial charge in [0.1, 0.15) is 0 Å². The summed E-state index contributed by atoms with van der Waals surface area (Å²) in [5, 5.41) is 27.5. The zero-order valence-electron chi connectivity index (χ0n) is 14.0. The van der Waals surface area contributed by atoms with Crippen LogP contribution in [0.4, 0.5) is 5.69 Å². The Morgan fingerprint density at radius 2 is 1.93 bits per heavy atom. The van der Waals surface area contributed by atoms with Crippen LogP contribution < -0.4 is 0 Å². The number of nitrogens with zero attached hydrogens (tertiary/aromatic N) is 3. The van der Waals surface area contributed by atoms with Crippen LogP contribution in [0.25, 0.3) is 22.5 Å². The Kier molecular flexibility index (Phi) is 5.43. The zero-order chi connectivity index (χ0) is 19.6. The first-order chi connectivity index (χ1) is 12.8. The highest BCUT2D eigenvalue weighted by Gasteiger charge is 2.16. The van der Waals surface area contributed by atoms with E-state index in [0.29, 0.717) is 22.0 Å². The van der Waals surface area contributed by atoms with E-state index in [1.54, 1.807) is 18.2 Å². The monoisotopic (exact) mass is 404 g/mol. The largest absolute Gasteiger partial charge is 0.481 e. The summed E-state index contributed by atoms with van der Waals surface area (Å²) in [6, 6.07) is 9.99. The molecule has 0 saturated carbocycles. The number of nitro groups is 1. The van der Waals surface area contributed by atoms with Gasteiger partial charge in [-0.05, 0) is 41.8 Å². The molecule has 1 aromatic heterocycles. The number of halogens is 1. The molecule has 0 spiro atoms. The Hall–Kier alpha value is -2.91. The molecule has 10 heteroatoms. The number of rotatable bonds is 6. The lowest BCUT2D eigenvalue weighted by atomic mass is 10.00. The Morgan fingerprint density at radius 1 is 1.22 bits per heavy atom. The first-order valence-electron chi connectivity index (χ1n) is 7.66. The molecule has 8 nitrogen and oxygen atoms in total. The number of aromatic amines is 1. The molecule has 0 aliphatic heterocycles. The maximum atomic E-state index is 11.3. The van der Waals surface area contributed by atoms with Gasteiger partial charge in [0, 0.05) is 22.7 Å². The molecule has 27 heavy (non-hydrogen) atoms. The lowest BCUT2D eigenvalue weighted by molar-refractivity contribution is -0.384. The number of aromatic nitrogens is 3. The number of hydrogen-bond donors (Lipinski definition) is 2. The Bertz CT molecular complexity index is 1020. The molecular formula is C17H13ClN4O4S. The van der Waals surface area contributed by atoms with Crippen molar-refractivity contribution in [3.05, 3.63) is 57.1 Å². The SMILES string of the molecule is Cc1cc(Cl)cc(-c2cc(-c3nc(SCC(=O)O)n[nH]3)cc([N+](=O)[O-])c2)c1. The molecule has 0 bridgehead atoms. The lowest BCUT2D eigenvalue weighted by Gasteiger charge is -2.07. The van der Waals surface area contributed by atoms with Crippen LogP contribution in [0.3, 0.4) is 0 Å². The van der Waals surface area contributed by atoms with Gasteiger partial charge in [0.05, 0.1) is 10.7 Å². The second-order valence-corrected chi connectivity index (χ2v) is 7.07. The molecule has 0 atom stereocenters. The van der Waals surface area contributed by atoms with Crippen molar-refractivity contribution in [1.82, 2.24) is 15.2 Å². The van der Waals surface area contributed by atoms with Crippen LogP contribution in [0, 0.1) is 17.0 Å². The molecule has 0 radical (unpaired) electrons. The second kappa shape index (κ2) is 7.77. The van der Waals surface area contributed by atoms with Crippen molar-refractivity contribution < 1.29 is 14.8 Å². The Morgan fingerprint density at radius 3 is 2.59 bits per heavy atom. The van der Waals surface area contributed by atoms with Crippen molar-refractivity contribution >= 4 is 35.0 Å². The van der Waals surface area contributed by atoms with Gasteiger partial charge in [0.2, 0.25) is 5.16 Å². The summed E-state index contributed by atoms with van der Waals surface area (Å²) in [6.07, 6.45) is 0. The normalized spacial score (nSPS) is 10.7. The number of carboxylic acid groups (broad SMARTS) is 1. The number of aryl methyl sites for hydroxylation is 1. The van der Waals surface area contributed by atoms with E-state index >= 15 is 0 Å².